The molecular weight excluding hydrogens is 309 g/mol. The Morgan fingerprint density at radius 2 is 2.19 bits per heavy atom. The van der Waals surface area contributed by atoms with Gasteiger partial charge in [0, 0.05) is 10.4 Å². The van der Waals surface area contributed by atoms with Crippen molar-refractivity contribution < 1.29 is 23.4 Å². The molecule has 1 aromatic rings. The third-order valence-electron chi connectivity index (χ3n) is 1.76. The molecule has 1 rings (SSSR count). The summed E-state index contributed by atoms with van der Waals surface area (Å²) in [4.78, 5) is 10.8. The van der Waals surface area contributed by atoms with Crippen molar-refractivity contribution in [2.45, 2.75) is 11.9 Å². The molecule has 0 aliphatic carbocycles. The second kappa shape index (κ2) is 5.45. The Kier molecular flexibility index (Phi) is 4.49. The van der Waals surface area contributed by atoms with Gasteiger partial charge in [-0.15, -0.1) is 0 Å². The van der Waals surface area contributed by atoms with Crippen LogP contribution in [0.4, 0.5) is 8.78 Å². The Morgan fingerprint density at radius 1 is 1.56 bits per heavy atom. The highest BCUT2D eigenvalue weighted by atomic mass is 79.9. The number of hydrogen-bond donors (Lipinski definition) is 1. The van der Waals surface area contributed by atoms with Crippen LogP contribution in [0.1, 0.15) is 15.9 Å². The van der Waals surface area contributed by atoms with Crippen LogP contribution in [0.15, 0.2) is 12.1 Å². The molecule has 3 nitrogen and oxygen atoms in total. The molecule has 0 bridgehead atoms. The molecule has 7 heteroatoms. The van der Waals surface area contributed by atoms with Gasteiger partial charge in [-0.05, 0) is 17.7 Å². The number of carboxylic acid groups (broad SMARTS) is 1. The molecule has 0 aromatic heterocycles. The van der Waals surface area contributed by atoms with E-state index < -0.39 is 12.6 Å². The molecular formula is C9H6BrClF2O3. The summed E-state index contributed by atoms with van der Waals surface area (Å²) in [7, 11) is 0. The van der Waals surface area contributed by atoms with Crippen molar-refractivity contribution >= 4 is 33.5 Å². The van der Waals surface area contributed by atoms with Crippen LogP contribution < -0.4 is 4.74 Å². The van der Waals surface area contributed by atoms with Crippen LogP contribution in [0.2, 0.25) is 5.02 Å². The lowest BCUT2D eigenvalue weighted by molar-refractivity contribution is -0.0499. The third-order valence-corrected chi connectivity index (χ3v) is 2.66. The summed E-state index contributed by atoms with van der Waals surface area (Å²) < 4.78 is 28.0. The van der Waals surface area contributed by atoms with Crippen LogP contribution in [0, 0.1) is 0 Å². The average molecular weight is 315 g/mol. The van der Waals surface area contributed by atoms with Crippen molar-refractivity contribution in [3.8, 4) is 5.75 Å². The highest BCUT2D eigenvalue weighted by molar-refractivity contribution is 9.08. The maximum Gasteiger partial charge on any atom is 0.387 e. The average Bonchev–Trinajstić information content (AvgIpc) is 2.15. The first kappa shape index (κ1) is 13.2. The summed E-state index contributed by atoms with van der Waals surface area (Å²) in [6, 6.07) is 2.16. The van der Waals surface area contributed by atoms with E-state index in [1.165, 1.54) is 0 Å². The van der Waals surface area contributed by atoms with Crippen LogP contribution >= 0.6 is 27.5 Å². The van der Waals surface area contributed by atoms with Crippen molar-refractivity contribution in [1.29, 1.82) is 0 Å². The lowest BCUT2D eigenvalue weighted by Crippen LogP contribution is -2.06. The second-order valence-electron chi connectivity index (χ2n) is 2.75. The van der Waals surface area contributed by atoms with Crippen LogP contribution in [0.25, 0.3) is 0 Å². The Labute approximate surface area is 103 Å². The minimum atomic E-state index is -3.02. The lowest BCUT2D eigenvalue weighted by atomic mass is 10.1. The first-order chi connectivity index (χ1) is 7.45. The molecule has 0 amide bonds. The standard InChI is InChI=1S/C9H6BrClF2O3/c10-3-6-5(8(14)15)1-4(2-7(6)11)16-9(12)13/h1-2,9H,3H2,(H,14,15). The summed E-state index contributed by atoms with van der Waals surface area (Å²) >= 11 is 8.81. The minimum absolute atomic E-state index is 0.0624. The molecule has 0 saturated heterocycles. The molecule has 0 aliphatic heterocycles. The monoisotopic (exact) mass is 314 g/mol. The number of carboxylic acids is 1. The number of carbonyl (C=O) groups is 1. The molecule has 0 fully saturated rings. The highest BCUT2D eigenvalue weighted by Gasteiger charge is 2.16. The molecule has 1 N–H and O–H groups in total. The van der Waals surface area contributed by atoms with Gasteiger partial charge in [-0.2, -0.15) is 8.78 Å². The maximum absolute atomic E-state index is 11.9. The summed E-state index contributed by atoms with van der Waals surface area (Å²) in [6.45, 7) is -3.02. The van der Waals surface area contributed by atoms with Gasteiger partial charge in [-0.1, -0.05) is 27.5 Å². The van der Waals surface area contributed by atoms with Gasteiger partial charge in [0.2, 0.25) is 0 Å². The van der Waals surface area contributed by atoms with Crippen molar-refractivity contribution in [3.05, 3.63) is 28.3 Å². The molecule has 0 saturated carbocycles. The molecule has 0 spiro atoms. The molecule has 0 aliphatic rings. The Balaban J connectivity index is 3.22. The van der Waals surface area contributed by atoms with E-state index in [2.05, 4.69) is 20.7 Å². The topological polar surface area (TPSA) is 46.5 Å². The van der Waals surface area contributed by atoms with E-state index in [0.717, 1.165) is 12.1 Å². The van der Waals surface area contributed by atoms with Crippen molar-refractivity contribution in [2.75, 3.05) is 0 Å². The fourth-order valence-corrected chi connectivity index (χ4v) is 2.15. The Bertz CT molecular complexity index is 412. The van der Waals surface area contributed by atoms with Gasteiger partial charge < -0.3 is 9.84 Å². The van der Waals surface area contributed by atoms with E-state index in [0.29, 0.717) is 5.56 Å². The first-order valence-electron chi connectivity index (χ1n) is 4.02. The fourth-order valence-electron chi connectivity index (χ4n) is 1.11. The molecule has 88 valence electrons. The molecule has 0 radical (unpaired) electrons. The predicted octanol–water partition coefficient (Wildman–Crippen LogP) is 3.53. The molecule has 16 heavy (non-hydrogen) atoms. The normalized spacial score (nSPS) is 10.6. The van der Waals surface area contributed by atoms with E-state index in [4.69, 9.17) is 16.7 Å². The van der Waals surface area contributed by atoms with Crippen LogP contribution in [0.5, 0.6) is 5.75 Å². The summed E-state index contributed by atoms with van der Waals surface area (Å²) in [5.74, 6) is -1.53. The quantitative estimate of drug-likeness (QED) is 0.865. The summed E-state index contributed by atoms with van der Waals surface area (Å²) in [5, 5.41) is 9.13. The van der Waals surface area contributed by atoms with Crippen molar-refractivity contribution in [3.63, 3.8) is 0 Å². The van der Waals surface area contributed by atoms with E-state index in [1.807, 2.05) is 0 Å². The van der Waals surface area contributed by atoms with Crippen LogP contribution in [0.3, 0.4) is 0 Å². The molecule has 0 atom stereocenters. The molecule has 0 heterocycles. The number of ether oxygens (including phenoxy) is 1. The number of hydrogen-bond acceptors (Lipinski definition) is 2. The van der Waals surface area contributed by atoms with Gasteiger partial charge in [0.05, 0.1) is 5.56 Å². The number of rotatable bonds is 4. The third kappa shape index (κ3) is 3.05. The van der Waals surface area contributed by atoms with Gasteiger partial charge in [-0.3, -0.25) is 0 Å². The summed E-state index contributed by atoms with van der Waals surface area (Å²) in [6.07, 6.45) is 0. The van der Waals surface area contributed by atoms with Gasteiger partial charge >= 0.3 is 12.6 Å². The van der Waals surface area contributed by atoms with E-state index >= 15 is 0 Å². The van der Waals surface area contributed by atoms with Crippen LogP contribution in [-0.4, -0.2) is 17.7 Å². The Morgan fingerprint density at radius 3 is 2.62 bits per heavy atom. The second-order valence-corrected chi connectivity index (χ2v) is 3.72. The number of aromatic carboxylic acids is 1. The fraction of sp³-hybridized carbons (Fsp3) is 0.222. The first-order valence-corrected chi connectivity index (χ1v) is 5.52. The zero-order chi connectivity index (χ0) is 12.3. The Hall–Kier alpha value is -0.880. The van der Waals surface area contributed by atoms with E-state index in [1.54, 1.807) is 0 Å². The number of alkyl halides is 3. The zero-order valence-electron chi connectivity index (χ0n) is 7.71. The van der Waals surface area contributed by atoms with E-state index in [-0.39, 0.29) is 21.7 Å². The maximum atomic E-state index is 11.9. The summed E-state index contributed by atoms with van der Waals surface area (Å²) in [5.41, 5.74) is 0.149. The predicted molar refractivity (Wildman–Crippen MR) is 57.7 cm³/mol. The SMILES string of the molecule is O=C(O)c1cc(OC(F)F)cc(Cl)c1CBr. The lowest BCUT2D eigenvalue weighted by Gasteiger charge is -2.10. The minimum Gasteiger partial charge on any atom is -0.478 e. The number of benzene rings is 1. The van der Waals surface area contributed by atoms with Crippen molar-refractivity contribution in [1.82, 2.24) is 0 Å². The molecule has 0 unspecified atom stereocenters. The smallest absolute Gasteiger partial charge is 0.387 e. The van der Waals surface area contributed by atoms with Gasteiger partial charge in [0.25, 0.3) is 0 Å². The van der Waals surface area contributed by atoms with Crippen molar-refractivity contribution in [2.24, 2.45) is 0 Å². The van der Waals surface area contributed by atoms with Gasteiger partial charge in [-0.25, -0.2) is 4.79 Å². The number of halogens is 4. The largest absolute Gasteiger partial charge is 0.478 e. The van der Waals surface area contributed by atoms with Gasteiger partial charge in [0.15, 0.2) is 0 Å². The van der Waals surface area contributed by atoms with Crippen LogP contribution in [-0.2, 0) is 5.33 Å². The van der Waals surface area contributed by atoms with Gasteiger partial charge in [0.1, 0.15) is 5.75 Å². The van der Waals surface area contributed by atoms with E-state index in [9.17, 15) is 13.6 Å². The molecule has 1 aromatic carbocycles. The highest BCUT2D eigenvalue weighted by Crippen LogP contribution is 2.29. The zero-order valence-corrected chi connectivity index (χ0v) is 10.1.